The van der Waals surface area contributed by atoms with Crippen LogP contribution in [-0.4, -0.2) is 29.7 Å². The number of rotatable bonds is 2. The first-order chi connectivity index (χ1) is 11.2. The second kappa shape index (κ2) is 5.62. The lowest BCUT2D eigenvalue weighted by Crippen LogP contribution is -2.39. The van der Waals surface area contributed by atoms with Gasteiger partial charge in [-0.05, 0) is 18.2 Å². The number of ether oxygens (including phenoxy) is 1. The van der Waals surface area contributed by atoms with E-state index in [1.807, 2.05) is 29.2 Å². The summed E-state index contributed by atoms with van der Waals surface area (Å²) in [6.45, 7) is 1.58. The van der Waals surface area contributed by atoms with Crippen LogP contribution in [0.1, 0.15) is 11.7 Å². The average Bonchev–Trinajstić information content (AvgIpc) is 2.99. The summed E-state index contributed by atoms with van der Waals surface area (Å²) >= 11 is 0. The van der Waals surface area contributed by atoms with Crippen molar-refractivity contribution in [1.82, 2.24) is 9.97 Å². The Kier molecular flexibility index (Phi) is 3.46. The Morgan fingerprint density at radius 3 is 2.87 bits per heavy atom. The molecule has 1 N–H and O–H groups in total. The third-order valence-corrected chi connectivity index (χ3v) is 4.05. The number of anilines is 1. The number of aromatic amines is 1. The number of imidazole rings is 1. The molecule has 1 unspecified atom stereocenters. The SMILES string of the molecule is Fc1ccc(C2CN(c3nc4ccccc4[nH]3)CCO2)c(F)c1. The van der Waals surface area contributed by atoms with Gasteiger partial charge in [0.2, 0.25) is 5.95 Å². The zero-order chi connectivity index (χ0) is 15.8. The molecule has 0 radical (unpaired) electrons. The Morgan fingerprint density at radius 1 is 1.17 bits per heavy atom. The molecule has 1 aliphatic heterocycles. The van der Waals surface area contributed by atoms with Crippen molar-refractivity contribution < 1.29 is 13.5 Å². The summed E-state index contributed by atoms with van der Waals surface area (Å²) < 4.78 is 32.7. The second-order valence-corrected chi connectivity index (χ2v) is 5.55. The van der Waals surface area contributed by atoms with Crippen LogP contribution in [0, 0.1) is 11.6 Å². The maximum atomic E-state index is 14.0. The standard InChI is InChI=1S/C17H15F2N3O/c18-11-5-6-12(13(19)9-11)16-10-22(7-8-23-16)17-20-14-3-1-2-4-15(14)21-17/h1-6,9,16H,7-8,10H2,(H,20,21). The summed E-state index contributed by atoms with van der Waals surface area (Å²) in [5.41, 5.74) is 2.21. The number of fused-ring (bicyclic) bond motifs is 1. The molecular weight excluding hydrogens is 300 g/mol. The van der Waals surface area contributed by atoms with E-state index in [2.05, 4.69) is 9.97 Å². The van der Waals surface area contributed by atoms with E-state index in [1.54, 1.807) is 0 Å². The van der Waals surface area contributed by atoms with Gasteiger partial charge in [0.05, 0.1) is 24.2 Å². The van der Waals surface area contributed by atoms with Crippen molar-refractivity contribution in [2.24, 2.45) is 0 Å². The van der Waals surface area contributed by atoms with Crippen LogP contribution >= 0.6 is 0 Å². The molecule has 3 aromatic rings. The van der Waals surface area contributed by atoms with E-state index in [0.29, 0.717) is 25.3 Å². The van der Waals surface area contributed by atoms with Crippen LogP contribution in [0.4, 0.5) is 14.7 Å². The fourth-order valence-corrected chi connectivity index (χ4v) is 2.88. The van der Waals surface area contributed by atoms with Crippen LogP contribution in [0.3, 0.4) is 0 Å². The molecule has 4 rings (SSSR count). The summed E-state index contributed by atoms with van der Waals surface area (Å²) in [6.07, 6.45) is -0.447. The maximum absolute atomic E-state index is 14.0. The molecule has 0 bridgehead atoms. The summed E-state index contributed by atoms with van der Waals surface area (Å²) in [6, 6.07) is 11.4. The molecule has 6 heteroatoms. The van der Waals surface area contributed by atoms with E-state index < -0.39 is 17.7 Å². The number of nitrogens with zero attached hydrogens (tertiary/aromatic N) is 2. The minimum absolute atomic E-state index is 0.368. The van der Waals surface area contributed by atoms with Gasteiger partial charge in [-0.3, -0.25) is 0 Å². The largest absolute Gasteiger partial charge is 0.370 e. The van der Waals surface area contributed by atoms with Crippen LogP contribution in [0.25, 0.3) is 11.0 Å². The molecule has 0 aliphatic carbocycles. The molecule has 2 aromatic carbocycles. The molecule has 0 spiro atoms. The van der Waals surface area contributed by atoms with Gasteiger partial charge in [0.15, 0.2) is 0 Å². The molecule has 1 aliphatic rings. The molecule has 0 saturated carbocycles. The van der Waals surface area contributed by atoms with Gasteiger partial charge in [0.25, 0.3) is 0 Å². The average molecular weight is 315 g/mol. The molecule has 2 heterocycles. The summed E-state index contributed by atoms with van der Waals surface area (Å²) in [5.74, 6) is -0.431. The highest BCUT2D eigenvalue weighted by atomic mass is 19.1. The predicted octanol–water partition coefficient (Wildman–Crippen LogP) is 3.42. The molecule has 1 saturated heterocycles. The number of morpholine rings is 1. The third kappa shape index (κ3) is 2.66. The lowest BCUT2D eigenvalue weighted by Gasteiger charge is -2.33. The van der Waals surface area contributed by atoms with E-state index in [0.717, 1.165) is 23.0 Å². The highest BCUT2D eigenvalue weighted by Crippen LogP contribution is 2.28. The van der Waals surface area contributed by atoms with Crippen LogP contribution in [0.2, 0.25) is 0 Å². The van der Waals surface area contributed by atoms with Crippen molar-refractivity contribution >= 4 is 17.0 Å². The quantitative estimate of drug-likeness (QED) is 0.788. The van der Waals surface area contributed by atoms with E-state index in [4.69, 9.17) is 4.74 Å². The van der Waals surface area contributed by atoms with Crippen LogP contribution < -0.4 is 4.90 Å². The topological polar surface area (TPSA) is 41.2 Å². The second-order valence-electron chi connectivity index (χ2n) is 5.55. The highest BCUT2D eigenvalue weighted by Gasteiger charge is 2.26. The lowest BCUT2D eigenvalue weighted by molar-refractivity contribution is 0.0370. The first kappa shape index (κ1) is 14.1. The minimum atomic E-state index is -0.587. The Bertz CT molecular complexity index is 816. The van der Waals surface area contributed by atoms with E-state index >= 15 is 0 Å². The van der Waals surface area contributed by atoms with E-state index in [9.17, 15) is 8.78 Å². The zero-order valence-electron chi connectivity index (χ0n) is 12.3. The number of hydrogen-bond donors (Lipinski definition) is 1. The Hall–Kier alpha value is -2.47. The number of H-pyrrole nitrogens is 1. The molecule has 1 atom stereocenters. The number of halogens is 2. The van der Waals surface area contributed by atoms with E-state index in [1.165, 1.54) is 12.1 Å². The van der Waals surface area contributed by atoms with Crippen LogP contribution in [0.15, 0.2) is 42.5 Å². The van der Waals surface area contributed by atoms with Crippen molar-refractivity contribution in [3.05, 3.63) is 59.7 Å². The van der Waals surface area contributed by atoms with Gasteiger partial charge < -0.3 is 14.6 Å². The Balaban J connectivity index is 1.61. The van der Waals surface area contributed by atoms with Crippen LogP contribution in [-0.2, 0) is 4.74 Å². The monoisotopic (exact) mass is 315 g/mol. The summed E-state index contributed by atoms with van der Waals surface area (Å²) in [4.78, 5) is 9.85. The molecule has 23 heavy (non-hydrogen) atoms. The van der Waals surface area contributed by atoms with Gasteiger partial charge in [-0.1, -0.05) is 18.2 Å². The smallest absolute Gasteiger partial charge is 0.204 e. The predicted molar refractivity (Wildman–Crippen MR) is 83.4 cm³/mol. The normalized spacial score (nSPS) is 18.5. The summed E-state index contributed by atoms with van der Waals surface area (Å²) in [7, 11) is 0. The molecular formula is C17H15F2N3O. The van der Waals surface area contributed by atoms with Crippen molar-refractivity contribution in [3.8, 4) is 0 Å². The van der Waals surface area contributed by atoms with Crippen LogP contribution in [0.5, 0.6) is 0 Å². The Labute approximate surface area is 131 Å². The van der Waals surface area contributed by atoms with Crippen molar-refractivity contribution in [3.63, 3.8) is 0 Å². The summed E-state index contributed by atoms with van der Waals surface area (Å²) in [5, 5.41) is 0. The fraction of sp³-hybridized carbons (Fsp3) is 0.235. The van der Waals surface area contributed by atoms with Crippen molar-refractivity contribution in [2.45, 2.75) is 6.10 Å². The van der Waals surface area contributed by atoms with Gasteiger partial charge in [0.1, 0.15) is 17.7 Å². The number of hydrogen-bond acceptors (Lipinski definition) is 3. The first-order valence-electron chi connectivity index (χ1n) is 7.47. The number of benzene rings is 2. The van der Waals surface area contributed by atoms with Gasteiger partial charge in [-0.2, -0.15) is 0 Å². The molecule has 118 valence electrons. The lowest BCUT2D eigenvalue weighted by atomic mass is 10.1. The highest BCUT2D eigenvalue weighted by molar-refractivity contribution is 5.77. The minimum Gasteiger partial charge on any atom is -0.370 e. The van der Waals surface area contributed by atoms with Gasteiger partial charge >= 0.3 is 0 Å². The molecule has 4 nitrogen and oxygen atoms in total. The third-order valence-electron chi connectivity index (χ3n) is 4.05. The molecule has 0 amide bonds. The maximum Gasteiger partial charge on any atom is 0.204 e. The van der Waals surface area contributed by atoms with E-state index in [-0.39, 0.29) is 0 Å². The van der Waals surface area contributed by atoms with Gasteiger partial charge in [-0.25, -0.2) is 13.8 Å². The van der Waals surface area contributed by atoms with Gasteiger partial charge in [-0.15, -0.1) is 0 Å². The zero-order valence-corrected chi connectivity index (χ0v) is 12.3. The number of para-hydroxylation sites is 2. The van der Waals surface area contributed by atoms with Crippen molar-refractivity contribution in [1.29, 1.82) is 0 Å². The molecule has 1 aromatic heterocycles. The van der Waals surface area contributed by atoms with Crippen molar-refractivity contribution in [2.75, 3.05) is 24.6 Å². The van der Waals surface area contributed by atoms with Gasteiger partial charge in [0, 0.05) is 18.2 Å². The molecule has 1 fully saturated rings. The first-order valence-corrected chi connectivity index (χ1v) is 7.47. The number of aromatic nitrogens is 2. The Morgan fingerprint density at radius 2 is 2.04 bits per heavy atom. The number of nitrogens with one attached hydrogen (secondary N) is 1. The fourth-order valence-electron chi connectivity index (χ4n) is 2.88.